The van der Waals surface area contributed by atoms with Crippen molar-refractivity contribution in [3.8, 4) is 0 Å². The average molecular weight is 185 g/mol. The zero-order chi connectivity index (χ0) is 9.52. The fourth-order valence-electron chi connectivity index (χ4n) is 0.882. The van der Waals surface area contributed by atoms with Gasteiger partial charge in [-0.05, 0) is 6.42 Å². The Balaban J connectivity index is 2.11. The number of aliphatic hydroxyl groups excluding tert-OH is 1. The van der Waals surface area contributed by atoms with Crippen molar-refractivity contribution in [2.75, 3.05) is 6.79 Å². The molecule has 0 unspecified atom stereocenters. The van der Waals surface area contributed by atoms with Crippen molar-refractivity contribution in [1.82, 2.24) is 15.0 Å². The molecule has 1 N–H and O–H groups in total. The largest absolute Gasteiger partial charge is 0.439 e. The first-order valence-corrected chi connectivity index (χ1v) is 3.93. The van der Waals surface area contributed by atoms with Gasteiger partial charge in [0.25, 0.3) is 0 Å². The van der Waals surface area contributed by atoms with E-state index in [-0.39, 0.29) is 6.42 Å². The van der Waals surface area contributed by atoms with Crippen molar-refractivity contribution in [2.24, 2.45) is 0 Å². The molecule has 0 aliphatic rings. The lowest BCUT2D eigenvalue weighted by molar-refractivity contribution is -0.151. The Morgan fingerprint density at radius 1 is 1.62 bits per heavy atom. The quantitative estimate of drug-likeness (QED) is 0.496. The van der Waals surface area contributed by atoms with Crippen LogP contribution in [0.4, 0.5) is 0 Å². The van der Waals surface area contributed by atoms with E-state index in [9.17, 15) is 4.79 Å². The molecule has 0 fully saturated rings. The Morgan fingerprint density at radius 2 is 2.46 bits per heavy atom. The van der Waals surface area contributed by atoms with E-state index in [4.69, 9.17) is 5.11 Å². The van der Waals surface area contributed by atoms with Crippen LogP contribution in [-0.4, -0.2) is 32.9 Å². The Morgan fingerprint density at radius 3 is 3.08 bits per heavy atom. The van der Waals surface area contributed by atoms with Crippen molar-refractivity contribution in [3.05, 3.63) is 12.4 Å². The first kappa shape index (κ1) is 9.66. The Kier molecular flexibility index (Phi) is 3.90. The van der Waals surface area contributed by atoms with Crippen LogP contribution in [0.1, 0.15) is 12.8 Å². The summed E-state index contributed by atoms with van der Waals surface area (Å²) in [4.78, 5) is 10.7. The Labute approximate surface area is 75.1 Å². The maximum absolute atomic E-state index is 10.7. The second-order valence-corrected chi connectivity index (χ2v) is 2.42. The van der Waals surface area contributed by atoms with Gasteiger partial charge in [0.05, 0.1) is 6.20 Å². The van der Waals surface area contributed by atoms with Gasteiger partial charge in [-0.2, -0.15) is 0 Å². The summed E-state index contributed by atoms with van der Waals surface area (Å²) in [5.74, 6) is -0.400. The summed E-state index contributed by atoms with van der Waals surface area (Å²) < 4.78 is 5.96. The summed E-state index contributed by atoms with van der Waals surface area (Å²) in [5.41, 5.74) is 0. The lowest BCUT2D eigenvalue weighted by Crippen LogP contribution is -2.07. The maximum atomic E-state index is 10.7. The van der Waals surface area contributed by atoms with E-state index in [0.29, 0.717) is 13.0 Å². The van der Waals surface area contributed by atoms with Gasteiger partial charge in [0.1, 0.15) is 0 Å². The van der Waals surface area contributed by atoms with Gasteiger partial charge in [0.2, 0.25) is 0 Å². The highest BCUT2D eigenvalue weighted by Gasteiger charge is 2.01. The molecule has 0 bridgehead atoms. The smallest absolute Gasteiger partial charge is 0.307 e. The Hall–Kier alpha value is -1.43. The normalized spacial score (nSPS) is 9.92. The van der Waals surface area contributed by atoms with E-state index in [1.807, 2.05) is 0 Å². The molecular weight excluding hydrogens is 174 g/mol. The van der Waals surface area contributed by atoms with Crippen LogP contribution in [0.3, 0.4) is 0 Å². The number of hydrogen-bond donors (Lipinski definition) is 1. The van der Waals surface area contributed by atoms with E-state index in [2.05, 4.69) is 15.0 Å². The molecule has 1 aromatic rings. The zero-order valence-corrected chi connectivity index (χ0v) is 7.09. The summed E-state index contributed by atoms with van der Waals surface area (Å²) in [5, 5.41) is 15.6. The summed E-state index contributed by atoms with van der Waals surface area (Å²) in [7, 11) is 0. The van der Waals surface area contributed by atoms with Gasteiger partial charge in [0.15, 0.2) is 6.79 Å². The van der Waals surface area contributed by atoms with Gasteiger partial charge in [-0.25, -0.2) is 0 Å². The van der Waals surface area contributed by atoms with Gasteiger partial charge < -0.3 is 9.84 Å². The number of rotatable bonds is 5. The molecule has 1 aromatic heterocycles. The van der Waals surface area contributed by atoms with Gasteiger partial charge in [-0.3, -0.25) is 9.48 Å². The van der Waals surface area contributed by atoms with Crippen LogP contribution in [0.25, 0.3) is 0 Å². The number of esters is 1. The standard InChI is InChI=1S/C7H11N3O3/c11-6-13-7(12)2-1-4-10-5-3-8-9-10/h3,5,11H,1-2,4,6H2. The molecule has 0 spiro atoms. The van der Waals surface area contributed by atoms with Crippen LogP contribution < -0.4 is 0 Å². The summed E-state index contributed by atoms with van der Waals surface area (Å²) in [6.45, 7) is 0.0721. The second-order valence-electron chi connectivity index (χ2n) is 2.42. The first-order chi connectivity index (χ1) is 6.33. The fourth-order valence-corrected chi connectivity index (χ4v) is 0.882. The minimum Gasteiger partial charge on any atom is -0.439 e. The van der Waals surface area contributed by atoms with E-state index in [1.165, 1.54) is 0 Å². The predicted molar refractivity (Wildman–Crippen MR) is 42.4 cm³/mol. The molecule has 0 aliphatic carbocycles. The lowest BCUT2D eigenvalue weighted by Gasteiger charge is -2.00. The van der Waals surface area contributed by atoms with Gasteiger partial charge >= 0.3 is 5.97 Å². The molecule has 1 heterocycles. The van der Waals surface area contributed by atoms with Crippen LogP contribution in [0.15, 0.2) is 12.4 Å². The van der Waals surface area contributed by atoms with Gasteiger partial charge in [0, 0.05) is 19.2 Å². The number of carbonyl (C=O) groups is 1. The molecule has 6 heteroatoms. The predicted octanol–water partition coefficient (Wildman–Crippen LogP) is -0.449. The molecule has 0 atom stereocenters. The van der Waals surface area contributed by atoms with Crippen LogP contribution in [0, 0.1) is 0 Å². The van der Waals surface area contributed by atoms with E-state index >= 15 is 0 Å². The molecule has 0 amide bonds. The molecule has 6 nitrogen and oxygen atoms in total. The third-order valence-corrected chi connectivity index (χ3v) is 1.47. The van der Waals surface area contributed by atoms with Crippen LogP contribution in [0.2, 0.25) is 0 Å². The zero-order valence-electron chi connectivity index (χ0n) is 7.09. The maximum Gasteiger partial charge on any atom is 0.307 e. The number of aliphatic hydroxyl groups is 1. The fraction of sp³-hybridized carbons (Fsp3) is 0.571. The molecule has 0 aliphatic heterocycles. The first-order valence-electron chi connectivity index (χ1n) is 3.93. The SMILES string of the molecule is O=C(CCCn1ccnn1)OCO. The number of ether oxygens (including phenoxy) is 1. The third-order valence-electron chi connectivity index (χ3n) is 1.47. The number of aryl methyl sites for hydroxylation is 1. The highest BCUT2D eigenvalue weighted by Crippen LogP contribution is 1.95. The third kappa shape index (κ3) is 3.66. The van der Waals surface area contributed by atoms with E-state index < -0.39 is 12.8 Å². The molecule has 72 valence electrons. The van der Waals surface area contributed by atoms with Crippen molar-refractivity contribution in [3.63, 3.8) is 0 Å². The highest BCUT2D eigenvalue weighted by atomic mass is 16.6. The molecule has 0 saturated heterocycles. The minimum atomic E-state index is -0.553. The number of nitrogens with zero attached hydrogens (tertiary/aromatic N) is 3. The van der Waals surface area contributed by atoms with Crippen LogP contribution in [0.5, 0.6) is 0 Å². The summed E-state index contributed by atoms with van der Waals surface area (Å²) in [6, 6.07) is 0. The molecule has 13 heavy (non-hydrogen) atoms. The van der Waals surface area contributed by atoms with Gasteiger partial charge in [-0.1, -0.05) is 5.21 Å². The topological polar surface area (TPSA) is 77.2 Å². The molecule has 1 rings (SSSR count). The summed E-state index contributed by atoms with van der Waals surface area (Å²) >= 11 is 0. The molecule has 0 saturated carbocycles. The van der Waals surface area contributed by atoms with Crippen molar-refractivity contribution in [1.29, 1.82) is 0 Å². The number of carbonyl (C=O) groups excluding carboxylic acids is 1. The number of hydrogen-bond acceptors (Lipinski definition) is 5. The number of aromatic nitrogens is 3. The summed E-state index contributed by atoms with van der Waals surface area (Å²) in [6.07, 6.45) is 4.20. The van der Waals surface area contributed by atoms with Crippen molar-refractivity contribution < 1.29 is 14.6 Å². The Bertz CT molecular complexity index is 247. The monoisotopic (exact) mass is 185 g/mol. The van der Waals surface area contributed by atoms with Crippen molar-refractivity contribution in [2.45, 2.75) is 19.4 Å². The van der Waals surface area contributed by atoms with Crippen molar-refractivity contribution >= 4 is 5.97 Å². The minimum absolute atomic E-state index is 0.278. The van der Waals surface area contributed by atoms with Crippen LogP contribution >= 0.6 is 0 Å². The van der Waals surface area contributed by atoms with E-state index in [1.54, 1.807) is 17.1 Å². The molecule has 0 radical (unpaired) electrons. The second kappa shape index (κ2) is 5.26. The molecule has 0 aromatic carbocycles. The molecular formula is C7H11N3O3. The van der Waals surface area contributed by atoms with E-state index in [0.717, 1.165) is 0 Å². The average Bonchev–Trinajstić information content (AvgIpc) is 2.57. The highest BCUT2D eigenvalue weighted by molar-refractivity contribution is 5.69. The van der Waals surface area contributed by atoms with Gasteiger partial charge in [-0.15, -0.1) is 5.10 Å². The lowest BCUT2D eigenvalue weighted by atomic mass is 10.3. The van der Waals surface area contributed by atoms with Crippen LogP contribution in [-0.2, 0) is 16.1 Å².